The largest absolute Gasteiger partial charge is 0.387 e. The summed E-state index contributed by atoms with van der Waals surface area (Å²) in [5.41, 5.74) is 5.86. The lowest BCUT2D eigenvalue weighted by Gasteiger charge is -2.21. The molecule has 1 atom stereocenters. The third kappa shape index (κ3) is 3.57. The number of nitrogens with two attached hydrogens (primary N) is 1. The normalized spacial score (nSPS) is 20.0. The second-order valence-corrected chi connectivity index (χ2v) is 5.69. The van der Waals surface area contributed by atoms with Crippen LogP contribution in [0.3, 0.4) is 0 Å². The van der Waals surface area contributed by atoms with E-state index in [0.29, 0.717) is 18.8 Å². The third-order valence-corrected chi connectivity index (χ3v) is 3.92. The van der Waals surface area contributed by atoms with Crippen molar-refractivity contribution in [2.45, 2.75) is 25.8 Å². The van der Waals surface area contributed by atoms with Gasteiger partial charge in [-0.25, -0.2) is 0 Å². The van der Waals surface area contributed by atoms with E-state index in [-0.39, 0.29) is 6.04 Å². The molecule has 5 heteroatoms. The summed E-state index contributed by atoms with van der Waals surface area (Å²) in [4.78, 5) is 12.6. The molecule has 1 aliphatic rings. The van der Waals surface area contributed by atoms with Gasteiger partial charge in [-0.1, -0.05) is 6.07 Å². The molecule has 1 aromatic heterocycles. The Morgan fingerprint density at radius 3 is 3.11 bits per heavy atom. The van der Waals surface area contributed by atoms with Crippen molar-refractivity contribution in [3.05, 3.63) is 22.4 Å². The first-order valence-corrected chi connectivity index (χ1v) is 7.12. The summed E-state index contributed by atoms with van der Waals surface area (Å²) >= 11 is 1.80. The molecule has 0 spiro atoms. The van der Waals surface area contributed by atoms with Crippen LogP contribution in [0.25, 0.3) is 0 Å². The molecular formula is C13H20N4S. The summed E-state index contributed by atoms with van der Waals surface area (Å²) < 4.78 is 0. The van der Waals surface area contributed by atoms with E-state index >= 15 is 0 Å². The van der Waals surface area contributed by atoms with Gasteiger partial charge in [0.2, 0.25) is 0 Å². The molecule has 0 fully saturated rings. The molecular weight excluding hydrogens is 244 g/mol. The first kappa shape index (κ1) is 13.1. The highest BCUT2D eigenvalue weighted by Gasteiger charge is 2.14. The van der Waals surface area contributed by atoms with E-state index in [0.717, 1.165) is 18.8 Å². The zero-order valence-corrected chi connectivity index (χ0v) is 11.8. The van der Waals surface area contributed by atoms with Crippen LogP contribution < -0.4 is 5.73 Å². The molecule has 18 heavy (non-hydrogen) atoms. The van der Waals surface area contributed by atoms with E-state index in [4.69, 9.17) is 5.73 Å². The number of likely N-dealkylation sites (N-methyl/N-ethyl adjacent to an activating group) is 1. The molecule has 0 saturated carbocycles. The highest BCUT2D eigenvalue weighted by atomic mass is 32.1. The van der Waals surface area contributed by atoms with Crippen LogP contribution in [0.15, 0.2) is 27.5 Å². The first-order valence-electron chi connectivity index (χ1n) is 6.24. The van der Waals surface area contributed by atoms with Crippen LogP contribution in [-0.2, 0) is 6.42 Å². The average molecular weight is 264 g/mol. The van der Waals surface area contributed by atoms with Crippen molar-refractivity contribution in [1.29, 1.82) is 0 Å². The van der Waals surface area contributed by atoms with Gasteiger partial charge < -0.3 is 10.6 Å². The molecule has 2 N–H and O–H groups in total. The van der Waals surface area contributed by atoms with Crippen LogP contribution in [0, 0.1) is 0 Å². The Balaban J connectivity index is 1.95. The molecule has 0 aliphatic carbocycles. The van der Waals surface area contributed by atoms with Gasteiger partial charge in [0, 0.05) is 18.5 Å². The Morgan fingerprint density at radius 1 is 1.56 bits per heavy atom. The van der Waals surface area contributed by atoms with Gasteiger partial charge in [0.15, 0.2) is 0 Å². The lowest BCUT2D eigenvalue weighted by molar-refractivity contribution is 0.499. The van der Waals surface area contributed by atoms with Gasteiger partial charge >= 0.3 is 0 Å². The maximum absolute atomic E-state index is 5.86. The molecule has 0 amide bonds. The molecule has 98 valence electrons. The Morgan fingerprint density at radius 2 is 2.39 bits per heavy atom. The fourth-order valence-electron chi connectivity index (χ4n) is 1.90. The summed E-state index contributed by atoms with van der Waals surface area (Å²) in [6.45, 7) is 3.75. The maximum Gasteiger partial charge on any atom is 0.107 e. The van der Waals surface area contributed by atoms with E-state index < -0.39 is 0 Å². The van der Waals surface area contributed by atoms with Gasteiger partial charge in [-0.05, 0) is 24.8 Å². The Bertz CT molecular complexity index is 436. The number of amidine groups is 2. The van der Waals surface area contributed by atoms with E-state index in [2.05, 4.69) is 46.4 Å². The summed E-state index contributed by atoms with van der Waals surface area (Å²) in [5.74, 6) is 1.75. The average Bonchev–Trinajstić information content (AvgIpc) is 2.79. The summed E-state index contributed by atoms with van der Waals surface area (Å²) in [6, 6.07) is 4.49. The monoisotopic (exact) mass is 264 g/mol. The fourth-order valence-corrected chi connectivity index (χ4v) is 2.60. The molecule has 1 aliphatic heterocycles. The minimum atomic E-state index is 0.227. The molecule has 2 heterocycles. The van der Waals surface area contributed by atoms with Gasteiger partial charge in [0.05, 0.1) is 19.0 Å². The van der Waals surface area contributed by atoms with Crippen LogP contribution in [0.1, 0.15) is 18.2 Å². The van der Waals surface area contributed by atoms with Crippen LogP contribution in [0.5, 0.6) is 0 Å². The first-order chi connectivity index (χ1) is 8.65. The van der Waals surface area contributed by atoms with Crippen LogP contribution in [0.4, 0.5) is 0 Å². The van der Waals surface area contributed by atoms with Crippen LogP contribution >= 0.6 is 11.3 Å². The topological polar surface area (TPSA) is 54.0 Å². The molecule has 0 radical (unpaired) electrons. The van der Waals surface area contributed by atoms with Crippen molar-refractivity contribution in [2.24, 2.45) is 15.7 Å². The van der Waals surface area contributed by atoms with Crippen molar-refractivity contribution in [1.82, 2.24) is 4.90 Å². The van der Waals surface area contributed by atoms with E-state index in [9.17, 15) is 0 Å². The number of aliphatic imine (C=N–C) groups is 2. The van der Waals surface area contributed by atoms with Gasteiger partial charge in [-0.2, -0.15) is 0 Å². The number of rotatable bonds is 3. The Hall–Kier alpha value is -1.36. The molecule has 4 nitrogen and oxygen atoms in total. The predicted molar refractivity (Wildman–Crippen MR) is 78.7 cm³/mol. The highest BCUT2D eigenvalue weighted by Crippen LogP contribution is 2.11. The minimum absolute atomic E-state index is 0.227. The fraction of sp³-hybridized carbons (Fsp3) is 0.538. The maximum atomic E-state index is 5.86. The number of nitrogens with zero attached hydrogens (tertiary/aromatic N) is 3. The number of thiophene rings is 1. The third-order valence-electron chi connectivity index (χ3n) is 2.98. The molecule has 0 bridgehead atoms. The number of hydrogen-bond donors (Lipinski definition) is 1. The van der Waals surface area contributed by atoms with Gasteiger partial charge in [-0.15, -0.1) is 11.3 Å². The lowest BCUT2D eigenvalue weighted by Crippen LogP contribution is -2.32. The van der Waals surface area contributed by atoms with Crippen LogP contribution in [0.2, 0.25) is 0 Å². The summed E-state index contributed by atoms with van der Waals surface area (Å²) in [7, 11) is 2.08. The van der Waals surface area contributed by atoms with Crippen molar-refractivity contribution in [3.8, 4) is 0 Å². The SMILES string of the molecule is CC1CN=C(N)CC(N(C)CCc2cccs2)=N1. The molecule has 1 unspecified atom stereocenters. The number of hydrogen-bond acceptors (Lipinski definition) is 5. The zero-order chi connectivity index (χ0) is 13.0. The van der Waals surface area contributed by atoms with Crippen molar-refractivity contribution >= 4 is 23.0 Å². The zero-order valence-electron chi connectivity index (χ0n) is 11.0. The van der Waals surface area contributed by atoms with Crippen molar-refractivity contribution in [2.75, 3.05) is 20.1 Å². The highest BCUT2D eigenvalue weighted by molar-refractivity contribution is 7.09. The Kier molecular flexibility index (Phi) is 4.36. The molecule has 0 aromatic carbocycles. The van der Waals surface area contributed by atoms with E-state index in [1.807, 2.05) is 0 Å². The smallest absolute Gasteiger partial charge is 0.107 e. The second-order valence-electron chi connectivity index (χ2n) is 4.65. The summed E-state index contributed by atoms with van der Waals surface area (Å²) in [6.07, 6.45) is 1.73. The van der Waals surface area contributed by atoms with Crippen molar-refractivity contribution < 1.29 is 0 Å². The van der Waals surface area contributed by atoms with Crippen molar-refractivity contribution in [3.63, 3.8) is 0 Å². The molecule has 1 aromatic rings. The standard InChI is InChI=1S/C13H20N4S/c1-10-9-15-12(14)8-13(16-10)17(2)6-5-11-4-3-7-18-11/h3-4,7,10H,5-6,8-9H2,1-2H3,(H2,14,15). The second kappa shape index (κ2) is 6.00. The lowest BCUT2D eigenvalue weighted by atomic mass is 10.3. The quantitative estimate of drug-likeness (QED) is 0.904. The molecule has 0 saturated heterocycles. The van der Waals surface area contributed by atoms with E-state index in [1.165, 1.54) is 4.88 Å². The summed E-state index contributed by atoms with van der Waals surface area (Å²) in [5, 5.41) is 2.12. The molecule has 2 rings (SSSR count). The van der Waals surface area contributed by atoms with Gasteiger partial charge in [0.25, 0.3) is 0 Å². The van der Waals surface area contributed by atoms with Gasteiger partial charge in [0.1, 0.15) is 11.7 Å². The minimum Gasteiger partial charge on any atom is -0.387 e. The van der Waals surface area contributed by atoms with Crippen LogP contribution in [-0.4, -0.2) is 42.8 Å². The van der Waals surface area contributed by atoms with Gasteiger partial charge in [-0.3, -0.25) is 9.98 Å². The Labute approximate surface area is 112 Å². The van der Waals surface area contributed by atoms with E-state index in [1.54, 1.807) is 11.3 Å². The predicted octanol–water partition coefficient (Wildman–Crippen LogP) is 1.77.